The minimum absolute atomic E-state index is 0.00569. The van der Waals surface area contributed by atoms with Crippen LogP contribution in [0.15, 0.2) is 70.1 Å². The number of hydrogen-bond acceptors (Lipinski definition) is 30. The van der Waals surface area contributed by atoms with Gasteiger partial charge in [0.25, 0.3) is 0 Å². The molecule has 0 radical (unpaired) electrons. The van der Waals surface area contributed by atoms with Crippen molar-refractivity contribution in [2.75, 3.05) is 72.6 Å². The summed E-state index contributed by atoms with van der Waals surface area (Å²) in [5.41, 5.74) is 0.169. The second-order valence-electron chi connectivity index (χ2n) is 26.4. The molecule has 9 aromatic rings. The maximum absolute atomic E-state index is 14.3. The lowest BCUT2D eigenvalue weighted by atomic mass is 10.1. The van der Waals surface area contributed by atoms with Crippen LogP contribution in [0.25, 0.3) is 33.5 Å². The zero-order valence-corrected chi connectivity index (χ0v) is 61.4. The maximum atomic E-state index is 14.3. The van der Waals surface area contributed by atoms with Crippen LogP contribution in [-0.4, -0.2) is 251 Å². The van der Waals surface area contributed by atoms with Crippen LogP contribution >= 0.6 is 35.3 Å². The van der Waals surface area contributed by atoms with Gasteiger partial charge in [-0.05, 0) is 111 Å². The standard InChI is InChI=1S/3C24H31FN6O4S/c3*1-3-8-36-24-27-22(26-16-10-14(16)13-5-4-12(2)15(25)9-13)19-23(28-24)31(30-29-19)17-11-18(35-7-6-32)21(34)20(17)33/h3*4-5,9,14,16-18,20-21,32-34H,3,6-8,10-11H2,1-2H3,(H,26,27,28)/t3*14-,16+,17+,18-,20-,21+/m000/s1/i6D2,8D2,10D2;6D2,7D2,10D2;8D2,10D2. The monoisotopic (exact) mass is 1570 g/mol. The lowest BCUT2D eigenvalue weighted by Crippen LogP contribution is -2.33. The van der Waals surface area contributed by atoms with E-state index < -0.39 is 183 Å². The molecule has 0 aliphatic heterocycles. The van der Waals surface area contributed by atoms with Gasteiger partial charge in [0.2, 0.25) is 0 Å². The number of ether oxygens (including phenoxy) is 3. The molecule has 6 aliphatic rings. The van der Waals surface area contributed by atoms with Crippen molar-refractivity contribution in [3.05, 3.63) is 105 Å². The van der Waals surface area contributed by atoms with Crippen molar-refractivity contribution in [3.63, 3.8) is 0 Å². The average Bonchev–Trinajstić information content (AvgIpc) is 1.56. The summed E-state index contributed by atoms with van der Waals surface area (Å²) >= 11 is 2.86. The van der Waals surface area contributed by atoms with Crippen LogP contribution < -0.4 is 16.0 Å². The fourth-order valence-electron chi connectivity index (χ4n) is 13.1. The summed E-state index contributed by atoms with van der Waals surface area (Å²) in [7, 11) is 0. The Labute approximate surface area is 655 Å². The second-order valence-corrected chi connectivity index (χ2v) is 29.2. The molecule has 0 spiro atoms. The summed E-state index contributed by atoms with van der Waals surface area (Å²) in [4.78, 5) is 26.9. The Hall–Kier alpha value is -7.14. The summed E-state index contributed by atoms with van der Waals surface area (Å²) in [5, 5.41) is 126. The largest absolute Gasteiger partial charge is 0.394 e. The van der Waals surface area contributed by atoms with Crippen molar-refractivity contribution in [3.8, 4) is 0 Å². The third-order valence-corrected chi connectivity index (χ3v) is 21.7. The molecule has 6 fully saturated rings. The van der Waals surface area contributed by atoms with E-state index in [1.165, 1.54) is 44.0 Å². The summed E-state index contributed by atoms with van der Waals surface area (Å²) in [6, 6.07) is 8.66. The highest BCUT2D eigenvalue weighted by atomic mass is 32.2. The number of nitrogens with one attached hydrogen (secondary N) is 3. The molecular weight excluding hydrogens is 1460 g/mol. The van der Waals surface area contributed by atoms with Gasteiger partial charge in [-0.1, -0.05) is 108 Å². The quantitative estimate of drug-likeness (QED) is 0.0168. The minimum Gasteiger partial charge on any atom is -0.394 e. The van der Waals surface area contributed by atoms with Crippen LogP contribution in [0.2, 0.25) is 0 Å². The number of fused-ring (bicyclic) bond motifs is 3. The molecule has 36 heteroatoms. The number of aryl methyl sites for hydroxylation is 3. The van der Waals surface area contributed by atoms with E-state index in [0.717, 1.165) is 29.9 Å². The van der Waals surface area contributed by atoms with Gasteiger partial charge in [-0.3, -0.25) is 0 Å². The molecule has 30 nitrogen and oxygen atoms in total. The lowest BCUT2D eigenvalue weighted by Gasteiger charge is -2.17. The van der Waals surface area contributed by atoms with Crippen LogP contribution in [0.1, 0.15) is 170 Å². The zero-order valence-electron chi connectivity index (χ0n) is 75.0. The third kappa shape index (κ3) is 17.5. The van der Waals surface area contributed by atoms with E-state index in [1.54, 1.807) is 71.0 Å². The van der Waals surface area contributed by atoms with Crippen molar-refractivity contribution < 1.29 is 95.3 Å². The normalized spacial score (nSPS) is 31.9. The van der Waals surface area contributed by atoms with E-state index in [-0.39, 0.29) is 107 Å². The van der Waals surface area contributed by atoms with E-state index >= 15 is 0 Å². The van der Waals surface area contributed by atoms with Crippen LogP contribution in [-0.2, 0) is 14.2 Å². The smallest absolute Gasteiger partial charge is 0.191 e. The number of aromatic nitrogens is 15. The highest BCUT2D eigenvalue weighted by Crippen LogP contribution is 2.48. The number of nitrogens with zero attached hydrogens (tertiary/aromatic N) is 15. The summed E-state index contributed by atoms with van der Waals surface area (Å²) in [6.45, 7) is 0.00801. The van der Waals surface area contributed by atoms with E-state index in [2.05, 4.69) is 76.8 Å². The lowest BCUT2D eigenvalue weighted by molar-refractivity contribution is -0.0629. The Bertz CT molecular complexity index is 5380. The number of halogens is 3. The van der Waals surface area contributed by atoms with Gasteiger partial charge in [-0.2, -0.15) is 0 Å². The maximum Gasteiger partial charge on any atom is 0.191 e. The molecule has 12 N–H and O–H groups in total. The van der Waals surface area contributed by atoms with Crippen LogP contribution in [0.3, 0.4) is 0 Å². The molecule has 3 aromatic carbocycles. The molecule has 582 valence electrons. The van der Waals surface area contributed by atoms with Crippen LogP contribution in [0.5, 0.6) is 0 Å². The van der Waals surface area contributed by atoms with Gasteiger partial charge in [0, 0.05) is 86.0 Å². The molecule has 6 heterocycles. The fraction of sp³-hybridized carbons (Fsp3) is 0.583. The topological polar surface area (TPSA) is 415 Å². The van der Waals surface area contributed by atoms with Gasteiger partial charge in [-0.25, -0.2) is 57.1 Å². The molecule has 6 aliphatic carbocycles. The van der Waals surface area contributed by atoms with Gasteiger partial charge in [-0.15, -0.1) is 15.3 Å². The van der Waals surface area contributed by atoms with Crippen LogP contribution in [0, 0.1) is 38.2 Å². The highest BCUT2D eigenvalue weighted by Gasteiger charge is 2.49. The molecule has 6 aromatic heterocycles. The van der Waals surface area contributed by atoms with E-state index in [0.29, 0.717) is 44.3 Å². The number of benzene rings is 3. The third-order valence-electron chi connectivity index (χ3n) is 19.0. The van der Waals surface area contributed by atoms with Crippen molar-refractivity contribution in [1.82, 2.24) is 74.9 Å². The van der Waals surface area contributed by atoms with Crippen molar-refractivity contribution in [2.45, 2.75) is 224 Å². The first kappa shape index (κ1) is 60.6. The SMILES string of the molecule is [2H]C([2H])(CC)Sc1nc(N[C@H]2[C@H](c3ccc(C)c(F)c3)C2([2H])[2H])c2nnn([C@@H]3C[C@H](OCCO)[C@@H](O)[C@H]3O)c2n1.[2H]C([2H])(O)CO[C@H]1C[C@@H](n2nnc3c(N[C@H]4[C@H](c5ccc(C)c(F)c5)C4([2H])[2H])nc(SC([2H])([2H])CC)nc32)[C@H](O)[C@@H]1O.[2H]C1([2H])[C@@H](Nc2nc(SCCC)nc3c2nnn3[C@@H]2C[C@H](OC([2H])([2H])C([2H])([2H])O)[C@@H](O)[C@H]2O)[C@@H]1c1ccc(C)c(F)c1. The second kappa shape index (κ2) is 35.1. The molecule has 18 atom stereocenters. The summed E-state index contributed by atoms with van der Waals surface area (Å²) in [5.74, 6) is -2.30. The summed E-state index contributed by atoms with van der Waals surface area (Å²) < 4.78 is 191. The number of aliphatic hydroxyl groups excluding tert-OH is 7. The average molecular weight is 1570 g/mol. The minimum atomic E-state index is -3.37. The van der Waals surface area contributed by atoms with Gasteiger partial charge in [0.1, 0.15) is 54.1 Å². The number of hydrogen-bond donors (Lipinski definition) is 12. The van der Waals surface area contributed by atoms with Gasteiger partial charge >= 0.3 is 0 Å². The Morgan fingerprint density at radius 1 is 0.472 bits per heavy atom. The molecule has 15 rings (SSSR count). The molecule has 0 saturated heterocycles. The number of aliphatic hydroxyl groups is 9. The van der Waals surface area contributed by atoms with Crippen molar-refractivity contribution in [1.29, 1.82) is 0 Å². The molecule has 0 amide bonds. The van der Waals surface area contributed by atoms with Gasteiger partial charge in [0.15, 0.2) is 66.4 Å². The Balaban J connectivity index is 0.000000160. The first-order valence-electron chi connectivity index (χ1n) is 43.0. The highest BCUT2D eigenvalue weighted by molar-refractivity contribution is 7.99. The first-order chi connectivity index (χ1) is 58.0. The Morgan fingerprint density at radius 2 is 0.824 bits per heavy atom. The van der Waals surface area contributed by atoms with E-state index in [1.807, 2.05) is 6.92 Å². The summed E-state index contributed by atoms with van der Waals surface area (Å²) in [6.07, 6.45) is -16.0. The predicted octanol–water partition coefficient (Wildman–Crippen LogP) is 6.55. The van der Waals surface area contributed by atoms with E-state index in [4.69, 9.17) is 41.2 Å². The zero-order chi connectivity index (χ0) is 90.5. The molecule has 0 unspecified atom stereocenters. The van der Waals surface area contributed by atoms with Gasteiger partial charge < -0.3 is 76.1 Å². The van der Waals surface area contributed by atoms with Crippen molar-refractivity contribution in [2.24, 2.45) is 0 Å². The fourth-order valence-corrected chi connectivity index (χ4v) is 14.8. The van der Waals surface area contributed by atoms with E-state index in [9.17, 15) is 54.0 Å². The molecule has 0 bridgehead atoms. The Morgan fingerprint density at radius 3 is 1.15 bits per heavy atom. The van der Waals surface area contributed by atoms with Crippen LogP contribution in [0.4, 0.5) is 30.6 Å². The van der Waals surface area contributed by atoms with Gasteiger partial charge in [0.05, 0.1) is 84.2 Å². The van der Waals surface area contributed by atoms with Crippen molar-refractivity contribution >= 4 is 86.2 Å². The number of rotatable bonds is 30. The Kier molecular flexibility index (Phi) is 19.7. The molecule has 108 heavy (non-hydrogen) atoms. The number of anilines is 3. The first-order valence-corrected chi connectivity index (χ1v) is 37.6. The molecule has 6 saturated carbocycles. The molecular formula is C72H93F3N18O12S3. The number of thioether (sulfide) groups is 3. The predicted molar refractivity (Wildman–Crippen MR) is 398 cm³/mol.